The number of hydrogen-bond acceptors (Lipinski definition) is 3. The van der Waals surface area contributed by atoms with Crippen molar-refractivity contribution in [3.05, 3.63) is 65.1 Å². The summed E-state index contributed by atoms with van der Waals surface area (Å²) in [5.41, 5.74) is 6.47. The Morgan fingerprint density at radius 1 is 1.04 bits per heavy atom. The van der Waals surface area contributed by atoms with Gasteiger partial charge in [-0.25, -0.2) is 0 Å². The molecule has 0 spiro atoms. The van der Waals surface area contributed by atoms with Crippen LogP contribution in [0.1, 0.15) is 20.8 Å². The minimum atomic E-state index is -0.415. The van der Waals surface area contributed by atoms with Gasteiger partial charge in [0.1, 0.15) is 5.69 Å². The predicted molar refractivity (Wildman–Crippen MR) is 87.1 cm³/mol. The summed E-state index contributed by atoms with van der Waals surface area (Å²) in [5, 5.41) is 1.45. The molecule has 0 aliphatic heterocycles. The van der Waals surface area contributed by atoms with Gasteiger partial charge in [0.05, 0.1) is 0 Å². The van der Waals surface area contributed by atoms with E-state index in [4.69, 9.17) is 11.6 Å². The van der Waals surface area contributed by atoms with E-state index in [1.165, 1.54) is 12.4 Å². The van der Waals surface area contributed by atoms with Gasteiger partial charge in [0.15, 0.2) is 0 Å². The smallest absolute Gasteiger partial charge is 0.286 e. The number of aromatic nitrogens is 2. The number of hydrogen-bond donors (Lipinski definition) is 2. The average Bonchev–Trinajstić information content (AvgIpc) is 2.89. The predicted octanol–water partition coefficient (Wildman–Crippen LogP) is 2.30. The summed E-state index contributed by atoms with van der Waals surface area (Å²) in [6.07, 6.45) is 3.01. The molecule has 2 heterocycles. The Morgan fingerprint density at radius 2 is 1.74 bits per heavy atom. The number of nitrogens with zero attached hydrogens (tertiary/aromatic N) is 2. The van der Waals surface area contributed by atoms with Crippen LogP contribution < -0.4 is 10.9 Å². The molecule has 6 nitrogen and oxygen atoms in total. The highest BCUT2D eigenvalue weighted by molar-refractivity contribution is 6.31. The minimum absolute atomic E-state index is 0.407. The van der Waals surface area contributed by atoms with Crippen molar-refractivity contribution in [2.24, 2.45) is 7.05 Å². The van der Waals surface area contributed by atoms with Gasteiger partial charge >= 0.3 is 0 Å². The van der Waals surface area contributed by atoms with Crippen LogP contribution in [0.4, 0.5) is 0 Å². The molecular formula is C16H13ClN4O2. The number of aryl methyl sites for hydroxylation is 1. The summed E-state index contributed by atoms with van der Waals surface area (Å²) in [6.45, 7) is 0. The Hall–Kier alpha value is -2.86. The molecule has 0 unspecified atom stereocenters. The molecule has 7 heteroatoms. The molecule has 1 aromatic carbocycles. The molecule has 2 N–H and O–H groups in total. The van der Waals surface area contributed by atoms with Crippen molar-refractivity contribution in [2.75, 3.05) is 0 Å². The topological polar surface area (TPSA) is 76.0 Å². The number of halogens is 1. The Bertz CT molecular complexity index is 890. The summed E-state index contributed by atoms with van der Waals surface area (Å²) in [4.78, 5) is 28.0. The molecule has 116 valence electrons. The standard InChI is InChI=1S/C16H13ClN4O2/c1-21-13-3-2-12(17)8-11(13)9-14(21)16(23)20-19-15(22)10-4-6-18-7-5-10/h2-9H,1H3,(H,19,22)(H,20,23). The quantitative estimate of drug-likeness (QED) is 0.709. The lowest BCUT2D eigenvalue weighted by molar-refractivity contribution is 0.0842. The molecule has 0 radical (unpaired) electrons. The number of nitrogens with one attached hydrogen (secondary N) is 2. The first kappa shape index (κ1) is 15.1. The number of fused-ring (bicyclic) bond motifs is 1. The van der Waals surface area contributed by atoms with Crippen molar-refractivity contribution in [2.45, 2.75) is 0 Å². The molecular weight excluding hydrogens is 316 g/mol. The number of carbonyl (C=O) groups is 2. The lowest BCUT2D eigenvalue weighted by atomic mass is 10.2. The van der Waals surface area contributed by atoms with Crippen LogP contribution in [0.5, 0.6) is 0 Å². The molecule has 23 heavy (non-hydrogen) atoms. The van der Waals surface area contributed by atoms with Gasteiger partial charge in [-0.05, 0) is 36.4 Å². The van der Waals surface area contributed by atoms with Crippen molar-refractivity contribution < 1.29 is 9.59 Å². The van der Waals surface area contributed by atoms with Gasteiger partial charge in [-0.2, -0.15) is 0 Å². The normalized spacial score (nSPS) is 10.5. The minimum Gasteiger partial charge on any atom is -0.340 e. The molecule has 0 saturated carbocycles. The van der Waals surface area contributed by atoms with Crippen LogP contribution in [0.15, 0.2) is 48.8 Å². The molecule has 3 rings (SSSR count). The first-order chi connectivity index (χ1) is 11.1. The van der Waals surface area contributed by atoms with Crippen LogP contribution in [0.3, 0.4) is 0 Å². The van der Waals surface area contributed by atoms with E-state index in [-0.39, 0.29) is 0 Å². The highest BCUT2D eigenvalue weighted by Crippen LogP contribution is 2.22. The molecule has 2 aromatic heterocycles. The summed E-state index contributed by atoms with van der Waals surface area (Å²) in [7, 11) is 1.77. The van der Waals surface area contributed by atoms with Gasteiger partial charge in [0.2, 0.25) is 0 Å². The van der Waals surface area contributed by atoms with E-state index in [1.807, 2.05) is 6.07 Å². The Morgan fingerprint density at radius 3 is 2.48 bits per heavy atom. The van der Waals surface area contributed by atoms with Crippen molar-refractivity contribution in [3.63, 3.8) is 0 Å². The second kappa shape index (κ2) is 6.10. The first-order valence-electron chi connectivity index (χ1n) is 6.82. The third-order valence-electron chi connectivity index (χ3n) is 3.47. The van der Waals surface area contributed by atoms with E-state index in [0.717, 1.165) is 10.9 Å². The van der Waals surface area contributed by atoms with Crippen LogP contribution in [0.25, 0.3) is 10.9 Å². The first-order valence-corrected chi connectivity index (χ1v) is 7.20. The van der Waals surface area contributed by atoms with Crippen LogP contribution in [0, 0.1) is 0 Å². The number of hydrazine groups is 1. The largest absolute Gasteiger partial charge is 0.340 e. The van der Waals surface area contributed by atoms with Crippen LogP contribution in [-0.4, -0.2) is 21.4 Å². The van der Waals surface area contributed by atoms with E-state index < -0.39 is 11.8 Å². The number of amides is 2. The lowest BCUT2D eigenvalue weighted by Crippen LogP contribution is -2.42. The maximum atomic E-state index is 12.3. The fourth-order valence-electron chi connectivity index (χ4n) is 2.29. The lowest BCUT2D eigenvalue weighted by Gasteiger charge is -2.08. The second-order valence-electron chi connectivity index (χ2n) is 4.94. The fourth-order valence-corrected chi connectivity index (χ4v) is 2.47. The van der Waals surface area contributed by atoms with Gasteiger partial charge in [-0.1, -0.05) is 11.6 Å². The number of carbonyl (C=O) groups excluding carboxylic acids is 2. The molecule has 0 saturated heterocycles. The zero-order chi connectivity index (χ0) is 16.4. The molecule has 3 aromatic rings. The van der Waals surface area contributed by atoms with E-state index in [2.05, 4.69) is 15.8 Å². The highest BCUT2D eigenvalue weighted by atomic mass is 35.5. The second-order valence-corrected chi connectivity index (χ2v) is 5.37. The van der Waals surface area contributed by atoms with Gasteiger partial charge in [0.25, 0.3) is 11.8 Å². The Kier molecular flexibility index (Phi) is 3.99. The third kappa shape index (κ3) is 3.02. The molecule has 2 amide bonds. The monoisotopic (exact) mass is 328 g/mol. The summed E-state index contributed by atoms with van der Waals surface area (Å²) in [5.74, 6) is -0.829. The highest BCUT2D eigenvalue weighted by Gasteiger charge is 2.14. The molecule has 0 atom stereocenters. The zero-order valence-corrected chi connectivity index (χ0v) is 13.0. The maximum absolute atomic E-state index is 12.3. The van der Waals surface area contributed by atoms with Crippen molar-refractivity contribution in [3.8, 4) is 0 Å². The fraction of sp³-hybridized carbons (Fsp3) is 0.0625. The summed E-state index contributed by atoms with van der Waals surface area (Å²) < 4.78 is 1.74. The van der Waals surface area contributed by atoms with Gasteiger partial charge in [-0.3, -0.25) is 25.4 Å². The number of benzene rings is 1. The van der Waals surface area contributed by atoms with E-state index in [1.54, 1.807) is 41.9 Å². The van der Waals surface area contributed by atoms with Gasteiger partial charge < -0.3 is 4.57 Å². The molecule has 0 aliphatic carbocycles. The van der Waals surface area contributed by atoms with Gasteiger partial charge in [-0.15, -0.1) is 0 Å². The molecule has 0 fully saturated rings. The summed E-state index contributed by atoms with van der Waals surface area (Å²) >= 11 is 5.96. The number of rotatable bonds is 2. The van der Waals surface area contributed by atoms with Crippen LogP contribution >= 0.6 is 11.6 Å². The van der Waals surface area contributed by atoms with E-state index in [0.29, 0.717) is 16.3 Å². The number of pyridine rings is 1. The average molecular weight is 329 g/mol. The van der Waals surface area contributed by atoms with Crippen molar-refractivity contribution in [1.29, 1.82) is 0 Å². The van der Waals surface area contributed by atoms with Gasteiger partial charge in [0, 0.05) is 40.9 Å². The maximum Gasteiger partial charge on any atom is 0.286 e. The summed E-state index contributed by atoms with van der Waals surface area (Å²) in [6, 6.07) is 10.2. The van der Waals surface area contributed by atoms with Crippen molar-refractivity contribution >= 4 is 34.3 Å². The van der Waals surface area contributed by atoms with E-state index in [9.17, 15) is 9.59 Å². The van der Waals surface area contributed by atoms with E-state index >= 15 is 0 Å². The third-order valence-corrected chi connectivity index (χ3v) is 3.70. The zero-order valence-electron chi connectivity index (χ0n) is 12.2. The molecule has 0 aliphatic rings. The van der Waals surface area contributed by atoms with Crippen LogP contribution in [-0.2, 0) is 7.05 Å². The van der Waals surface area contributed by atoms with Crippen LogP contribution in [0.2, 0.25) is 5.02 Å². The van der Waals surface area contributed by atoms with Crippen molar-refractivity contribution in [1.82, 2.24) is 20.4 Å². The Labute approximate surface area is 137 Å². The Balaban J connectivity index is 1.76. The molecule has 0 bridgehead atoms. The SMILES string of the molecule is Cn1c(C(=O)NNC(=O)c2ccncc2)cc2cc(Cl)ccc21.